The molecule has 1 saturated heterocycles. The van der Waals surface area contributed by atoms with Crippen LogP contribution in [0.3, 0.4) is 0 Å². The van der Waals surface area contributed by atoms with Gasteiger partial charge in [0.2, 0.25) is 5.91 Å². The Morgan fingerprint density at radius 3 is 3.21 bits per heavy atom. The fourth-order valence-corrected chi connectivity index (χ4v) is 2.02. The first-order chi connectivity index (χ1) is 9.34. The van der Waals surface area contributed by atoms with E-state index in [0.29, 0.717) is 13.2 Å². The molecule has 0 radical (unpaired) electrons. The molecule has 1 amide bonds. The molecule has 0 aromatic carbocycles. The first-order valence-corrected chi connectivity index (χ1v) is 6.76. The van der Waals surface area contributed by atoms with Crippen molar-refractivity contribution in [2.75, 3.05) is 26.4 Å². The number of hydrogen-bond acceptors (Lipinski definition) is 4. The number of hydrogen-bond donors (Lipinski definition) is 1. The van der Waals surface area contributed by atoms with Crippen LogP contribution in [0.15, 0.2) is 18.7 Å². The maximum absolute atomic E-state index is 11.5. The highest BCUT2D eigenvalue weighted by Crippen LogP contribution is 2.12. The van der Waals surface area contributed by atoms with Gasteiger partial charge in [-0.1, -0.05) is 0 Å². The molecule has 0 bridgehead atoms. The normalized spacial score (nSPS) is 19.3. The Balaban J connectivity index is 1.49. The van der Waals surface area contributed by atoms with Gasteiger partial charge in [-0.25, -0.2) is 4.98 Å². The number of aromatic nitrogens is 2. The lowest BCUT2D eigenvalue weighted by Gasteiger charge is -2.22. The summed E-state index contributed by atoms with van der Waals surface area (Å²) in [6.45, 7) is 2.72. The summed E-state index contributed by atoms with van der Waals surface area (Å²) in [4.78, 5) is 15.4. The number of carbonyl (C=O) groups excluding carboxylic acids is 1. The van der Waals surface area contributed by atoms with Gasteiger partial charge >= 0.3 is 0 Å². The van der Waals surface area contributed by atoms with Crippen molar-refractivity contribution in [1.29, 1.82) is 0 Å². The number of carbonyl (C=O) groups is 1. The fraction of sp³-hybridized carbons (Fsp3) is 0.692. The largest absolute Gasteiger partial charge is 0.376 e. The molecule has 1 aromatic rings. The van der Waals surface area contributed by atoms with Gasteiger partial charge in [-0.05, 0) is 19.3 Å². The van der Waals surface area contributed by atoms with Gasteiger partial charge in [0, 0.05) is 32.1 Å². The van der Waals surface area contributed by atoms with Gasteiger partial charge in [0.05, 0.1) is 19.0 Å². The van der Waals surface area contributed by atoms with Crippen LogP contribution in [0.2, 0.25) is 0 Å². The summed E-state index contributed by atoms with van der Waals surface area (Å²) in [5, 5.41) is 2.81. The molecule has 1 unspecified atom stereocenters. The number of imidazole rings is 1. The van der Waals surface area contributed by atoms with E-state index in [2.05, 4.69) is 10.3 Å². The van der Waals surface area contributed by atoms with Gasteiger partial charge in [0.25, 0.3) is 0 Å². The number of nitrogens with one attached hydrogen (secondary N) is 1. The maximum Gasteiger partial charge on any atom is 0.246 e. The smallest absolute Gasteiger partial charge is 0.246 e. The first-order valence-electron chi connectivity index (χ1n) is 6.76. The third kappa shape index (κ3) is 5.40. The number of nitrogens with zero attached hydrogens (tertiary/aromatic N) is 2. The van der Waals surface area contributed by atoms with Crippen LogP contribution >= 0.6 is 0 Å². The van der Waals surface area contributed by atoms with E-state index in [4.69, 9.17) is 9.47 Å². The molecule has 1 aliphatic heterocycles. The Bertz CT molecular complexity index is 361. The van der Waals surface area contributed by atoms with Crippen LogP contribution in [0, 0.1) is 0 Å². The molecule has 1 fully saturated rings. The highest BCUT2D eigenvalue weighted by Gasteiger charge is 2.14. The predicted octanol–water partition coefficient (Wildman–Crippen LogP) is 0.585. The Morgan fingerprint density at radius 2 is 2.47 bits per heavy atom. The molecule has 106 valence electrons. The average Bonchev–Trinajstić information content (AvgIpc) is 2.93. The van der Waals surface area contributed by atoms with Gasteiger partial charge in [-0.3, -0.25) is 4.79 Å². The van der Waals surface area contributed by atoms with Crippen LogP contribution in [0.1, 0.15) is 19.3 Å². The molecule has 2 heterocycles. The molecule has 1 atom stereocenters. The lowest BCUT2D eigenvalue weighted by molar-refractivity contribution is -0.127. The molecular weight excluding hydrogens is 246 g/mol. The van der Waals surface area contributed by atoms with E-state index >= 15 is 0 Å². The van der Waals surface area contributed by atoms with Crippen LogP contribution in [0.25, 0.3) is 0 Å². The van der Waals surface area contributed by atoms with E-state index in [1.165, 1.54) is 6.42 Å². The molecule has 6 heteroatoms. The van der Waals surface area contributed by atoms with E-state index < -0.39 is 0 Å². The number of ether oxygens (including phenoxy) is 2. The van der Waals surface area contributed by atoms with Crippen LogP contribution in [-0.2, 0) is 20.8 Å². The molecular formula is C13H21N3O3. The second kappa shape index (κ2) is 7.91. The highest BCUT2D eigenvalue weighted by atomic mass is 16.5. The SMILES string of the molecule is O=C(COCC1CCCCO1)NCCn1ccnc1. The summed E-state index contributed by atoms with van der Waals surface area (Å²) < 4.78 is 12.8. The summed E-state index contributed by atoms with van der Waals surface area (Å²) in [5.41, 5.74) is 0. The quantitative estimate of drug-likeness (QED) is 0.785. The maximum atomic E-state index is 11.5. The van der Waals surface area contributed by atoms with Crippen LogP contribution in [0.5, 0.6) is 0 Å². The highest BCUT2D eigenvalue weighted by molar-refractivity contribution is 5.77. The van der Waals surface area contributed by atoms with Crippen LogP contribution < -0.4 is 5.32 Å². The van der Waals surface area contributed by atoms with Crippen molar-refractivity contribution in [1.82, 2.24) is 14.9 Å². The third-order valence-electron chi connectivity index (χ3n) is 3.06. The third-order valence-corrected chi connectivity index (χ3v) is 3.06. The van der Waals surface area contributed by atoms with Crippen LogP contribution in [-0.4, -0.2) is 47.9 Å². The molecule has 0 saturated carbocycles. The summed E-state index contributed by atoms with van der Waals surface area (Å²) in [6.07, 6.45) is 8.81. The number of rotatable bonds is 7. The van der Waals surface area contributed by atoms with E-state index in [1.54, 1.807) is 12.5 Å². The van der Waals surface area contributed by atoms with Crippen molar-refractivity contribution >= 4 is 5.91 Å². The molecule has 6 nitrogen and oxygen atoms in total. The van der Waals surface area contributed by atoms with Gasteiger partial charge in [-0.15, -0.1) is 0 Å². The topological polar surface area (TPSA) is 65.4 Å². The zero-order valence-corrected chi connectivity index (χ0v) is 11.1. The van der Waals surface area contributed by atoms with Crippen molar-refractivity contribution in [3.05, 3.63) is 18.7 Å². The summed E-state index contributed by atoms with van der Waals surface area (Å²) in [7, 11) is 0. The van der Waals surface area contributed by atoms with Crippen LogP contribution in [0.4, 0.5) is 0 Å². The van der Waals surface area contributed by atoms with E-state index in [1.807, 2.05) is 10.8 Å². The summed E-state index contributed by atoms with van der Waals surface area (Å²) in [5.74, 6) is -0.0871. The summed E-state index contributed by atoms with van der Waals surface area (Å²) >= 11 is 0. The lowest BCUT2D eigenvalue weighted by atomic mass is 10.1. The first kappa shape index (κ1) is 14.0. The zero-order chi connectivity index (χ0) is 13.3. The van der Waals surface area contributed by atoms with Gasteiger partial charge in [-0.2, -0.15) is 0 Å². The van der Waals surface area contributed by atoms with E-state index in [-0.39, 0.29) is 18.6 Å². The van der Waals surface area contributed by atoms with E-state index in [0.717, 1.165) is 26.0 Å². The second-order valence-corrected chi connectivity index (χ2v) is 4.65. The van der Waals surface area contributed by atoms with Crippen molar-refractivity contribution in [2.24, 2.45) is 0 Å². The molecule has 1 aromatic heterocycles. The zero-order valence-electron chi connectivity index (χ0n) is 11.1. The minimum Gasteiger partial charge on any atom is -0.376 e. The molecule has 2 rings (SSSR count). The van der Waals surface area contributed by atoms with Gasteiger partial charge in [0.15, 0.2) is 0 Å². The Hall–Kier alpha value is -1.40. The minimum atomic E-state index is -0.0871. The predicted molar refractivity (Wildman–Crippen MR) is 69.6 cm³/mol. The minimum absolute atomic E-state index is 0.0871. The Morgan fingerprint density at radius 1 is 1.53 bits per heavy atom. The van der Waals surface area contributed by atoms with Crippen molar-refractivity contribution in [2.45, 2.75) is 31.9 Å². The molecule has 19 heavy (non-hydrogen) atoms. The standard InChI is InChI=1S/C13H21N3O3/c17-13(15-5-7-16-6-4-14-11-16)10-18-9-12-3-1-2-8-19-12/h4,6,11-12H,1-3,5,7-10H2,(H,15,17). The molecule has 1 aliphatic rings. The monoisotopic (exact) mass is 267 g/mol. The van der Waals surface area contributed by atoms with E-state index in [9.17, 15) is 4.79 Å². The van der Waals surface area contributed by atoms with Crippen molar-refractivity contribution in [3.8, 4) is 0 Å². The van der Waals surface area contributed by atoms with Gasteiger partial charge in [0.1, 0.15) is 6.61 Å². The Kier molecular flexibility index (Phi) is 5.84. The molecule has 0 spiro atoms. The second-order valence-electron chi connectivity index (χ2n) is 4.65. The van der Waals surface area contributed by atoms with Gasteiger partial charge < -0.3 is 19.4 Å². The Labute approximate surface area is 113 Å². The average molecular weight is 267 g/mol. The molecule has 0 aliphatic carbocycles. The fourth-order valence-electron chi connectivity index (χ4n) is 2.02. The number of amides is 1. The van der Waals surface area contributed by atoms with Crippen molar-refractivity contribution in [3.63, 3.8) is 0 Å². The van der Waals surface area contributed by atoms with Crippen molar-refractivity contribution < 1.29 is 14.3 Å². The summed E-state index contributed by atoms with van der Waals surface area (Å²) in [6, 6.07) is 0. The lowest BCUT2D eigenvalue weighted by Crippen LogP contribution is -2.32. The molecule has 1 N–H and O–H groups in total.